The van der Waals surface area contributed by atoms with Gasteiger partial charge in [-0.15, -0.1) is 0 Å². The van der Waals surface area contributed by atoms with E-state index in [1.807, 2.05) is 0 Å². The molecule has 21 heavy (non-hydrogen) atoms. The molecule has 0 amide bonds. The summed E-state index contributed by atoms with van der Waals surface area (Å²) in [6.07, 6.45) is 9.72. The lowest BCUT2D eigenvalue weighted by atomic mass is 9.83. The lowest BCUT2D eigenvalue weighted by Gasteiger charge is -2.33. The fourth-order valence-electron chi connectivity index (χ4n) is 3.57. The maximum atomic E-state index is 3.79. The summed E-state index contributed by atoms with van der Waals surface area (Å²) in [5.74, 6) is 1.04. The fourth-order valence-corrected chi connectivity index (χ4v) is 3.57. The van der Waals surface area contributed by atoms with E-state index < -0.39 is 0 Å². The Morgan fingerprint density at radius 1 is 1.00 bits per heavy atom. The maximum absolute atomic E-state index is 3.79. The van der Waals surface area contributed by atoms with Gasteiger partial charge < -0.3 is 10.2 Å². The Kier molecular flexibility index (Phi) is 5.70. The zero-order chi connectivity index (χ0) is 14.3. The molecule has 3 rings (SSSR count). The van der Waals surface area contributed by atoms with Crippen LogP contribution in [0.3, 0.4) is 0 Å². The van der Waals surface area contributed by atoms with Crippen LogP contribution in [0.15, 0.2) is 30.3 Å². The molecule has 0 atom stereocenters. The van der Waals surface area contributed by atoms with E-state index in [1.54, 1.807) is 0 Å². The minimum atomic E-state index is 0.776. The molecular weight excluding hydrogens is 256 g/mol. The average Bonchev–Trinajstić information content (AvgIpc) is 2.50. The largest absolute Gasteiger partial charge is 0.314 e. The normalized spacial score (nSPS) is 21.3. The van der Waals surface area contributed by atoms with Gasteiger partial charge in [-0.1, -0.05) is 49.6 Å². The van der Waals surface area contributed by atoms with Gasteiger partial charge in [-0.05, 0) is 56.8 Å². The molecule has 0 radical (unpaired) electrons. The molecule has 1 N–H and O–H groups in total. The second-order valence-electron chi connectivity index (χ2n) is 6.89. The van der Waals surface area contributed by atoms with Crippen molar-refractivity contribution in [2.75, 3.05) is 26.2 Å². The molecule has 1 saturated carbocycles. The summed E-state index contributed by atoms with van der Waals surface area (Å²) < 4.78 is 0. The van der Waals surface area contributed by atoms with Gasteiger partial charge in [0.15, 0.2) is 0 Å². The van der Waals surface area contributed by atoms with Gasteiger partial charge in [-0.25, -0.2) is 0 Å². The van der Waals surface area contributed by atoms with Gasteiger partial charge in [0.05, 0.1) is 0 Å². The lowest BCUT2D eigenvalue weighted by Crippen LogP contribution is -2.43. The molecule has 2 aliphatic rings. The number of nitrogens with one attached hydrogen (secondary N) is 1. The number of rotatable bonds is 7. The molecular formula is C19H30N2. The number of hydrogen-bond acceptors (Lipinski definition) is 2. The predicted octanol–water partition coefficient (Wildman–Crippen LogP) is 3.47. The van der Waals surface area contributed by atoms with Crippen LogP contribution in [0.1, 0.15) is 44.1 Å². The zero-order valence-electron chi connectivity index (χ0n) is 13.3. The molecule has 0 spiro atoms. The van der Waals surface area contributed by atoms with Crippen molar-refractivity contribution in [3.8, 4) is 0 Å². The van der Waals surface area contributed by atoms with Crippen LogP contribution in [0, 0.1) is 5.92 Å². The van der Waals surface area contributed by atoms with Crippen LogP contribution < -0.4 is 5.32 Å². The summed E-state index contributed by atoms with van der Waals surface area (Å²) in [6, 6.07) is 11.7. The summed E-state index contributed by atoms with van der Waals surface area (Å²) in [4.78, 5) is 2.64. The summed E-state index contributed by atoms with van der Waals surface area (Å²) in [5.41, 5.74) is 1.47. The van der Waals surface area contributed by atoms with Crippen molar-refractivity contribution < 1.29 is 0 Å². The van der Waals surface area contributed by atoms with Crippen LogP contribution in [0.4, 0.5) is 0 Å². The molecule has 0 unspecified atom stereocenters. The van der Waals surface area contributed by atoms with Crippen LogP contribution in [0.5, 0.6) is 0 Å². The van der Waals surface area contributed by atoms with E-state index in [2.05, 4.69) is 40.5 Å². The first-order valence-corrected chi connectivity index (χ1v) is 8.90. The number of piperidine rings is 1. The second-order valence-corrected chi connectivity index (χ2v) is 6.89. The van der Waals surface area contributed by atoms with Crippen molar-refractivity contribution in [3.05, 3.63) is 35.9 Å². The monoisotopic (exact) mass is 286 g/mol. The lowest BCUT2D eigenvalue weighted by molar-refractivity contribution is 0.195. The van der Waals surface area contributed by atoms with E-state index in [0.717, 1.165) is 12.0 Å². The van der Waals surface area contributed by atoms with E-state index in [-0.39, 0.29) is 0 Å². The van der Waals surface area contributed by atoms with E-state index in [1.165, 1.54) is 76.7 Å². The molecule has 0 bridgehead atoms. The van der Waals surface area contributed by atoms with Gasteiger partial charge in [0.2, 0.25) is 0 Å². The summed E-state index contributed by atoms with van der Waals surface area (Å²) >= 11 is 0. The average molecular weight is 286 g/mol. The Morgan fingerprint density at radius 3 is 2.43 bits per heavy atom. The predicted molar refractivity (Wildman–Crippen MR) is 89.6 cm³/mol. The van der Waals surface area contributed by atoms with Gasteiger partial charge in [0.25, 0.3) is 0 Å². The van der Waals surface area contributed by atoms with Crippen LogP contribution >= 0.6 is 0 Å². The van der Waals surface area contributed by atoms with Crippen molar-refractivity contribution in [2.24, 2.45) is 5.92 Å². The van der Waals surface area contributed by atoms with Crippen molar-refractivity contribution in [1.29, 1.82) is 0 Å². The smallest absolute Gasteiger partial charge is 0.00914 e. The number of benzene rings is 1. The third-order valence-electron chi connectivity index (χ3n) is 5.36. The van der Waals surface area contributed by atoms with Gasteiger partial charge in [-0.3, -0.25) is 0 Å². The summed E-state index contributed by atoms with van der Waals surface area (Å²) in [7, 11) is 0. The third-order valence-corrected chi connectivity index (χ3v) is 5.36. The topological polar surface area (TPSA) is 15.3 Å². The minimum absolute atomic E-state index is 0.776. The summed E-state index contributed by atoms with van der Waals surface area (Å²) in [5, 5.41) is 3.79. The molecule has 2 nitrogen and oxygen atoms in total. The first-order valence-electron chi connectivity index (χ1n) is 8.90. The van der Waals surface area contributed by atoms with Crippen molar-refractivity contribution in [1.82, 2.24) is 10.2 Å². The van der Waals surface area contributed by atoms with Crippen LogP contribution in [-0.4, -0.2) is 37.1 Å². The quantitative estimate of drug-likeness (QED) is 0.825. The Bertz CT molecular complexity index is 391. The molecule has 1 heterocycles. The van der Waals surface area contributed by atoms with Gasteiger partial charge in [0, 0.05) is 12.6 Å². The highest BCUT2D eigenvalue weighted by Gasteiger charge is 2.20. The van der Waals surface area contributed by atoms with Gasteiger partial charge in [0.1, 0.15) is 0 Å². The Hall–Kier alpha value is -0.860. The van der Waals surface area contributed by atoms with Crippen LogP contribution in [-0.2, 0) is 6.42 Å². The molecule has 0 aromatic heterocycles. The Morgan fingerprint density at radius 2 is 1.76 bits per heavy atom. The molecule has 1 aliphatic carbocycles. The molecule has 116 valence electrons. The maximum Gasteiger partial charge on any atom is 0.00914 e. The zero-order valence-corrected chi connectivity index (χ0v) is 13.3. The van der Waals surface area contributed by atoms with Crippen molar-refractivity contribution in [2.45, 2.75) is 51.0 Å². The van der Waals surface area contributed by atoms with Crippen molar-refractivity contribution in [3.63, 3.8) is 0 Å². The molecule has 1 aromatic rings. The molecule has 1 saturated heterocycles. The van der Waals surface area contributed by atoms with Crippen LogP contribution in [0.25, 0.3) is 0 Å². The highest BCUT2D eigenvalue weighted by molar-refractivity contribution is 5.14. The van der Waals surface area contributed by atoms with E-state index in [9.17, 15) is 0 Å². The first-order chi connectivity index (χ1) is 10.4. The SMILES string of the molecule is c1ccc(CCN2CCC(NCCC3CCC3)CC2)cc1. The highest BCUT2D eigenvalue weighted by atomic mass is 15.1. The molecule has 2 heteroatoms. The van der Waals surface area contributed by atoms with E-state index in [0.29, 0.717) is 0 Å². The first kappa shape index (κ1) is 15.1. The van der Waals surface area contributed by atoms with Gasteiger partial charge >= 0.3 is 0 Å². The fraction of sp³-hybridized carbons (Fsp3) is 0.684. The standard InChI is InChI=1S/C19H30N2/c1-2-5-18(6-3-1)10-14-21-15-11-19(12-16-21)20-13-9-17-7-4-8-17/h1-3,5-6,17,19-20H,4,7-16H2. The van der Waals surface area contributed by atoms with Crippen LogP contribution in [0.2, 0.25) is 0 Å². The molecule has 1 aromatic carbocycles. The number of hydrogen-bond donors (Lipinski definition) is 1. The number of likely N-dealkylation sites (tertiary alicyclic amines) is 1. The third kappa shape index (κ3) is 4.82. The molecule has 2 fully saturated rings. The van der Waals surface area contributed by atoms with Gasteiger partial charge in [-0.2, -0.15) is 0 Å². The Labute approximate surface area is 129 Å². The highest BCUT2D eigenvalue weighted by Crippen LogP contribution is 2.28. The number of nitrogens with zero attached hydrogens (tertiary/aromatic N) is 1. The minimum Gasteiger partial charge on any atom is -0.314 e. The van der Waals surface area contributed by atoms with E-state index >= 15 is 0 Å². The summed E-state index contributed by atoms with van der Waals surface area (Å²) in [6.45, 7) is 5.01. The van der Waals surface area contributed by atoms with E-state index in [4.69, 9.17) is 0 Å². The second kappa shape index (κ2) is 7.95. The molecule has 1 aliphatic heterocycles. The Balaban J connectivity index is 1.27. The van der Waals surface area contributed by atoms with Crippen molar-refractivity contribution >= 4 is 0 Å².